The van der Waals surface area contributed by atoms with E-state index >= 15 is 0 Å². The van der Waals surface area contributed by atoms with E-state index in [4.69, 9.17) is 9.84 Å². The van der Waals surface area contributed by atoms with Crippen LogP contribution in [0.5, 0.6) is 0 Å². The molecule has 0 saturated carbocycles. The van der Waals surface area contributed by atoms with Crippen molar-refractivity contribution in [2.45, 2.75) is 51.7 Å². The van der Waals surface area contributed by atoms with Crippen LogP contribution in [0, 0.1) is 0 Å². The Bertz CT molecular complexity index is 1340. The second kappa shape index (κ2) is 10.8. The smallest absolute Gasteiger partial charge is 0.308 e. The van der Waals surface area contributed by atoms with Crippen LogP contribution < -0.4 is 0 Å². The molecule has 4 aromatic rings. The van der Waals surface area contributed by atoms with Gasteiger partial charge in [0.05, 0.1) is 42.6 Å². The SMILES string of the molecule is CCOC(=O)CC(O)CC(O)/C=C/c1c(-c2ccccc2)c2c3ccccc3cnn2c1C(C)C. The molecule has 182 valence electrons. The molecule has 0 spiro atoms. The molecule has 0 aliphatic heterocycles. The zero-order valence-electron chi connectivity index (χ0n) is 20.4. The molecule has 2 aromatic carbocycles. The second-order valence-electron chi connectivity index (χ2n) is 9.01. The number of aromatic nitrogens is 2. The van der Waals surface area contributed by atoms with Crippen molar-refractivity contribution in [1.29, 1.82) is 0 Å². The largest absolute Gasteiger partial charge is 0.466 e. The molecule has 2 unspecified atom stereocenters. The predicted octanol–water partition coefficient (Wildman–Crippen LogP) is 5.36. The number of aliphatic hydroxyl groups is 2. The van der Waals surface area contributed by atoms with Crippen LogP contribution in [-0.2, 0) is 9.53 Å². The Morgan fingerprint density at radius 2 is 1.80 bits per heavy atom. The van der Waals surface area contributed by atoms with Gasteiger partial charge in [-0.2, -0.15) is 5.10 Å². The van der Waals surface area contributed by atoms with Crippen LogP contribution in [0.3, 0.4) is 0 Å². The minimum Gasteiger partial charge on any atom is -0.466 e. The van der Waals surface area contributed by atoms with E-state index < -0.39 is 18.2 Å². The van der Waals surface area contributed by atoms with Crippen LogP contribution in [0.15, 0.2) is 66.9 Å². The van der Waals surface area contributed by atoms with Crippen molar-refractivity contribution in [2.24, 2.45) is 0 Å². The maximum atomic E-state index is 11.7. The normalized spacial score (nSPS) is 13.7. The molecule has 0 aliphatic carbocycles. The summed E-state index contributed by atoms with van der Waals surface area (Å²) in [5, 5.41) is 27.8. The fourth-order valence-electron chi connectivity index (χ4n) is 4.59. The van der Waals surface area contributed by atoms with Crippen LogP contribution in [0.1, 0.15) is 50.8 Å². The van der Waals surface area contributed by atoms with Crippen molar-refractivity contribution in [3.63, 3.8) is 0 Å². The molecule has 2 heterocycles. The average molecular weight is 473 g/mol. The predicted molar refractivity (Wildman–Crippen MR) is 139 cm³/mol. The summed E-state index contributed by atoms with van der Waals surface area (Å²) < 4.78 is 6.90. The molecule has 6 nitrogen and oxygen atoms in total. The Balaban J connectivity index is 1.81. The summed E-state index contributed by atoms with van der Waals surface area (Å²) >= 11 is 0. The fraction of sp³-hybridized carbons (Fsp3) is 0.310. The van der Waals surface area contributed by atoms with Crippen molar-refractivity contribution in [1.82, 2.24) is 9.61 Å². The summed E-state index contributed by atoms with van der Waals surface area (Å²) in [6.45, 7) is 6.24. The third-order valence-corrected chi connectivity index (χ3v) is 6.07. The van der Waals surface area contributed by atoms with Crippen molar-refractivity contribution in [3.8, 4) is 11.1 Å². The number of aliphatic hydroxyl groups excluding tert-OH is 2. The summed E-state index contributed by atoms with van der Waals surface area (Å²) in [5.41, 5.74) is 5.16. The molecule has 2 N–H and O–H groups in total. The Morgan fingerprint density at radius 1 is 1.09 bits per heavy atom. The summed E-state index contributed by atoms with van der Waals surface area (Å²) in [7, 11) is 0. The van der Waals surface area contributed by atoms with Crippen molar-refractivity contribution in [2.75, 3.05) is 6.61 Å². The van der Waals surface area contributed by atoms with E-state index in [2.05, 4.69) is 38.1 Å². The summed E-state index contributed by atoms with van der Waals surface area (Å²) in [5.74, 6) is -0.305. The van der Waals surface area contributed by atoms with Crippen molar-refractivity contribution >= 4 is 28.3 Å². The van der Waals surface area contributed by atoms with Gasteiger partial charge >= 0.3 is 5.97 Å². The van der Waals surface area contributed by atoms with Crippen molar-refractivity contribution in [3.05, 3.63) is 78.1 Å². The Morgan fingerprint density at radius 3 is 2.51 bits per heavy atom. The number of benzene rings is 2. The molecule has 0 amide bonds. The van der Waals surface area contributed by atoms with Gasteiger partial charge in [0.15, 0.2) is 0 Å². The molecule has 0 bridgehead atoms. The Labute approximate surface area is 205 Å². The Hall–Kier alpha value is -3.48. The van der Waals surface area contributed by atoms with Crippen LogP contribution in [0.25, 0.3) is 33.5 Å². The van der Waals surface area contributed by atoms with Gasteiger partial charge in [-0.3, -0.25) is 4.79 Å². The summed E-state index contributed by atoms with van der Waals surface area (Å²) in [6.07, 6.45) is 3.49. The monoisotopic (exact) mass is 472 g/mol. The van der Waals surface area contributed by atoms with Gasteiger partial charge in [0, 0.05) is 28.3 Å². The maximum absolute atomic E-state index is 11.7. The molecule has 35 heavy (non-hydrogen) atoms. The van der Waals surface area contributed by atoms with Gasteiger partial charge < -0.3 is 14.9 Å². The molecule has 0 fully saturated rings. The van der Waals surface area contributed by atoms with Gasteiger partial charge in [0.2, 0.25) is 0 Å². The lowest BCUT2D eigenvalue weighted by Gasteiger charge is -2.13. The highest BCUT2D eigenvalue weighted by Crippen LogP contribution is 2.40. The number of fused-ring (bicyclic) bond motifs is 3. The van der Waals surface area contributed by atoms with Gasteiger partial charge in [0.1, 0.15) is 0 Å². The molecule has 0 saturated heterocycles. The van der Waals surface area contributed by atoms with Gasteiger partial charge in [-0.1, -0.05) is 80.6 Å². The number of nitrogens with zero attached hydrogens (tertiary/aromatic N) is 2. The third kappa shape index (κ3) is 5.29. The molecule has 4 rings (SSSR count). The van der Waals surface area contributed by atoms with Crippen LogP contribution in [-0.4, -0.2) is 44.6 Å². The van der Waals surface area contributed by atoms with Crippen LogP contribution in [0.4, 0.5) is 0 Å². The Kier molecular flexibility index (Phi) is 7.63. The lowest BCUT2D eigenvalue weighted by Crippen LogP contribution is -2.20. The van der Waals surface area contributed by atoms with Crippen LogP contribution in [0.2, 0.25) is 0 Å². The first-order valence-corrected chi connectivity index (χ1v) is 12.1. The molecule has 2 atom stereocenters. The number of ether oxygens (including phenoxy) is 1. The first-order valence-electron chi connectivity index (χ1n) is 12.1. The van der Waals surface area contributed by atoms with Gasteiger partial charge in [-0.05, 0) is 18.4 Å². The highest BCUT2D eigenvalue weighted by atomic mass is 16.5. The number of hydrogen-bond donors (Lipinski definition) is 2. The molecular formula is C29H32N2O4. The van der Waals surface area contributed by atoms with E-state index in [1.165, 1.54) is 0 Å². The minimum atomic E-state index is -0.981. The third-order valence-electron chi connectivity index (χ3n) is 6.07. The number of esters is 1. The van der Waals surface area contributed by atoms with E-state index in [9.17, 15) is 15.0 Å². The van der Waals surface area contributed by atoms with E-state index in [1.54, 1.807) is 13.0 Å². The van der Waals surface area contributed by atoms with Crippen LogP contribution >= 0.6 is 0 Å². The zero-order chi connectivity index (χ0) is 24.9. The maximum Gasteiger partial charge on any atom is 0.308 e. The van der Waals surface area contributed by atoms with E-state index in [-0.39, 0.29) is 25.4 Å². The quantitative estimate of drug-likeness (QED) is 0.321. The first kappa shape index (κ1) is 24.6. The van der Waals surface area contributed by atoms with E-state index in [0.29, 0.717) is 0 Å². The molecule has 2 aromatic heterocycles. The second-order valence-corrected chi connectivity index (χ2v) is 9.01. The summed E-state index contributed by atoms with van der Waals surface area (Å²) in [4.78, 5) is 11.7. The zero-order valence-corrected chi connectivity index (χ0v) is 20.4. The lowest BCUT2D eigenvalue weighted by atomic mass is 9.95. The molecule has 6 heteroatoms. The minimum absolute atomic E-state index is 0.0432. The molecule has 0 aliphatic rings. The lowest BCUT2D eigenvalue weighted by molar-refractivity contribution is -0.145. The highest BCUT2D eigenvalue weighted by molar-refractivity contribution is 6.06. The molecular weight excluding hydrogens is 440 g/mol. The first-order chi connectivity index (χ1) is 16.9. The van der Waals surface area contributed by atoms with Gasteiger partial charge in [-0.25, -0.2) is 4.52 Å². The number of hydrogen-bond acceptors (Lipinski definition) is 5. The van der Waals surface area contributed by atoms with E-state index in [1.807, 2.05) is 47.1 Å². The number of carbonyl (C=O) groups excluding carboxylic acids is 1. The fourth-order valence-corrected chi connectivity index (χ4v) is 4.59. The standard InChI is InChI=1S/C29H32N2O4/c1-4-35-26(34)17-23(33)16-22(32)14-15-25-27(20-10-6-5-7-11-20)29-24-13-9-8-12-21(24)18-30-31(29)28(25)19(2)3/h5-15,18-19,22-23,32-33H,4,16-17H2,1-3H3/b15-14+. The number of rotatable bonds is 9. The van der Waals surface area contributed by atoms with Gasteiger partial charge in [-0.15, -0.1) is 0 Å². The summed E-state index contributed by atoms with van der Waals surface area (Å²) in [6, 6.07) is 18.4. The number of carbonyl (C=O) groups is 1. The van der Waals surface area contributed by atoms with E-state index in [0.717, 1.165) is 38.7 Å². The topological polar surface area (TPSA) is 84.1 Å². The highest BCUT2D eigenvalue weighted by Gasteiger charge is 2.23. The van der Waals surface area contributed by atoms with Gasteiger partial charge in [0.25, 0.3) is 0 Å². The average Bonchev–Trinajstić information content (AvgIpc) is 3.18. The van der Waals surface area contributed by atoms with Crippen molar-refractivity contribution < 1.29 is 19.7 Å². The molecule has 0 radical (unpaired) electrons.